The molecule has 192 valence electrons. The number of rotatable bonds is 13. The first-order valence-electron chi connectivity index (χ1n) is 11.9. The first kappa shape index (κ1) is 28.7. The lowest BCUT2D eigenvalue weighted by Crippen LogP contribution is -2.47. The van der Waals surface area contributed by atoms with Gasteiger partial charge in [0.05, 0.1) is 11.9 Å². The van der Waals surface area contributed by atoms with Crippen molar-refractivity contribution in [3.05, 3.63) is 64.7 Å². The molecule has 7 nitrogen and oxygen atoms in total. The van der Waals surface area contributed by atoms with E-state index in [0.29, 0.717) is 23.7 Å². The molecule has 2 amide bonds. The molecular weight excluding hydrogens is 486 g/mol. The van der Waals surface area contributed by atoms with Crippen molar-refractivity contribution in [2.45, 2.75) is 59.0 Å². The van der Waals surface area contributed by atoms with Crippen LogP contribution in [0.25, 0.3) is 0 Å². The number of hydrogen-bond donors (Lipinski definition) is 1. The monoisotopic (exact) mass is 521 g/mol. The Balaban J connectivity index is 2.12. The third-order valence-corrected chi connectivity index (χ3v) is 7.18. The number of aryl methyl sites for hydroxylation is 1. The molecule has 2 aromatic rings. The van der Waals surface area contributed by atoms with E-state index < -0.39 is 16.1 Å². The Morgan fingerprint density at radius 1 is 1.03 bits per heavy atom. The molecule has 35 heavy (non-hydrogen) atoms. The van der Waals surface area contributed by atoms with Gasteiger partial charge in [-0.05, 0) is 56.5 Å². The molecule has 2 rings (SSSR count). The summed E-state index contributed by atoms with van der Waals surface area (Å²) in [4.78, 5) is 27.5. The maximum Gasteiger partial charge on any atom is 0.242 e. The van der Waals surface area contributed by atoms with E-state index in [-0.39, 0.29) is 31.3 Å². The van der Waals surface area contributed by atoms with Gasteiger partial charge in [0.25, 0.3) is 0 Å². The average Bonchev–Trinajstić information content (AvgIpc) is 2.81. The van der Waals surface area contributed by atoms with E-state index in [9.17, 15) is 18.0 Å². The number of carbonyl (C=O) groups is 2. The highest BCUT2D eigenvalue weighted by molar-refractivity contribution is 7.92. The molecule has 0 aromatic heterocycles. The van der Waals surface area contributed by atoms with Crippen LogP contribution in [-0.2, 0) is 26.2 Å². The third-order valence-electron chi connectivity index (χ3n) is 5.74. The summed E-state index contributed by atoms with van der Waals surface area (Å²) < 4.78 is 26.1. The van der Waals surface area contributed by atoms with Crippen molar-refractivity contribution in [3.63, 3.8) is 0 Å². The summed E-state index contributed by atoms with van der Waals surface area (Å²) in [6, 6.07) is 13.7. The first-order chi connectivity index (χ1) is 16.5. The number of unbranched alkanes of at least 4 members (excludes halogenated alkanes) is 1. The predicted molar refractivity (Wildman–Crippen MR) is 142 cm³/mol. The van der Waals surface area contributed by atoms with Gasteiger partial charge in [0.1, 0.15) is 6.04 Å². The zero-order valence-electron chi connectivity index (χ0n) is 21.0. The maximum absolute atomic E-state index is 13.3. The third kappa shape index (κ3) is 9.18. The highest BCUT2D eigenvalue weighted by atomic mass is 35.5. The molecule has 0 saturated heterocycles. The van der Waals surface area contributed by atoms with Gasteiger partial charge >= 0.3 is 0 Å². The fraction of sp³-hybridized carbons (Fsp3) is 0.462. The molecular formula is C26H36ClN3O4S. The van der Waals surface area contributed by atoms with Gasteiger partial charge in [0, 0.05) is 31.1 Å². The van der Waals surface area contributed by atoms with Crippen LogP contribution in [0.1, 0.15) is 50.7 Å². The molecule has 0 aliphatic carbocycles. The number of hydrogen-bond acceptors (Lipinski definition) is 4. The molecule has 9 heteroatoms. The van der Waals surface area contributed by atoms with Crippen molar-refractivity contribution in [2.24, 2.45) is 0 Å². The fourth-order valence-corrected chi connectivity index (χ4v) is 4.71. The van der Waals surface area contributed by atoms with Crippen LogP contribution in [-0.4, -0.2) is 50.5 Å². The van der Waals surface area contributed by atoms with Crippen LogP contribution in [0.5, 0.6) is 0 Å². The van der Waals surface area contributed by atoms with Crippen LogP contribution >= 0.6 is 11.6 Å². The van der Waals surface area contributed by atoms with E-state index in [0.717, 1.165) is 30.2 Å². The molecule has 0 saturated carbocycles. The molecule has 1 unspecified atom stereocenters. The molecule has 1 N–H and O–H groups in total. The smallest absolute Gasteiger partial charge is 0.242 e. The lowest BCUT2D eigenvalue weighted by molar-refractivity contribution is -0.140. The van der Waals surface area contributed by atoms with Crippen LogP contribution in [0.3, 0.4) is 0 Å². The second-order valence-corrected chi connectivity index (χ2v) is 11.1. The van der Waals surface area contributed by atoms with E-state index in [1.54, 1.807) is 36.1 Å². The average molecular weight is 522 g/mol. The predicted octanol–water partition coefficient (Wildman–Crippen LogP) is 4.53. The van der Waals surface area contributed by atoms with Crippen molar-refractivity contribution in [1.29, 1.82) is 0 Å². The number of anilines is 1. The Morgan fingerprint density at radius 2 is 1.66 bits per heavy atom. The standard InChI is InChI=1S/C26H36ClN3O4S/c1-5-6-17-28-26(32)21(3)29(19-22-11-13-23(27)14-12-22)25(31)8-7-18-30(35(4,33)34)24-15-9-20(2)10-16-24/h9-16,21H,5-8,17-19H2,1-4H3,(H,28,32). The summed E-state index contributed by atoms with van der Waals surface area (Å²) in [7, 11) is -3.51. The summed E-state index contributed by atoms with van der Waals surface area (Å²) in [5.74, 6) is -0.423. The van der Waals surface area contributed by atoms with Crippen molar-refractivity contribution in [1.82, 2.24) is 10.2 Å². The largest absolute Gasteiger partial charge is 0.354 e. The van der Waals surface area contributed by atoms with Gasteiger partial charge in [-0.15, -0.1) is 0 Å². The molecule has 0 spiro atoms. The van der Waals surface area contributed by atoms with Gasteiger partial charge in [-0.2, -0.15) is 0 Å². The molecule has 0 bridgehead atoms. The highest BCUT2D eigenvalue weighted by Crippen LogP contribution is 2.20. The Bertz CT molecular complexity index is 1070. The Kier molecular flexibility index (Phi) is 11.0. The zero-order valence-corrected chi connectivity index (χ0v) is 22.5. The minimum absolute atomic E-state index is 0.109. The van der Waals surface area contributed by atoms with Crippen LogP contribution in [0.2, 0.25) is 5.02 Å². The fourth-order valence-electron chi connectivity index (χ4n) is 3.62. The van der Waals surface area contributed by atoms with Gasteiger partial charge in [-0.1, -0.05) is 54.8 Å². The van der Waals surface area contributed by atoms with Crippen LogP contribution in [0.15, 0.2) is 48.5 Å². The van der Waals surface area contributed by atoms with Gasteiger partial charge in [0.2, 0.25) is 21.8 Å². The first-order valence-corrected chi connectivity index (χ1v) is 14.1. The van der Waals surface area contributed by atoms with Crippen LogP contribution in [0, 0.1) is 6.92 Å². The molecule has 0 aliphatic heterocycles. The normalized spacial score (nSPS) is 12.1. The number of halogens is 1. The summed E-state index contributed by atoms with van der Waals surface area (Å²) in [5.41, 5.74) is 2.45. The lowest BCUT2D eigenvalue weighted by Gasteiger charge is -2.29. The van der Waals surface area contributed by atoms with Gasteiger partial charge in [0.15, 0.2) is 0 Å². The molecule has 2 aromatic carbocycles. The Labute approximate surface area is 214 Å². The number of nitrogens with zero attached hydrogens (tertiary/aromatic N) is 2. The molecule has 1 atom stereocenters. The zero-order chi connectivity index (χ0) is 26.0. The maximum atomic E-state index is 13.3. The second kappa shape index (κ2) is 13.5. The lowest BCUT2D eigenvalue weighted by atomic mass is 10.1. The number of sulfonamides is 1. The second-order valence-electron chi connectivity index (χ2n) is 8.74. The van der Waals surface area contributed by atoms with Gasteiger partial charge in [-0.25, -0.2) is 8.42 Å². The topological polar surface area (TPSA) is 86.8 Å². The van der Waals surface area contributed by atoms with Crippen LogP contribution < -0.4 is 9.62 Å². The number of nitrogens with one attached hydrogen (secondary N) is 1. The number of carbonyl (C=O) groups excluding carboxylic acids is 2. The minimum Gasteiger partial charge on any atom is -0.354 e. The molecule has 0 fully saturated rings. The molecule has 0 radical (unpaired) electrons. The van der Waals surface area contributed by atoms with E-state index in [2.05, 4.69) is 5.32 Å². The van der Waals surface area contributed by atoms with E-state index in [4.69, 9.17) is 11.6 Å². The summed E-state index contributed by atoms with van der Waals surface area (Å²) in [6.45, 7) is 6.67. The van der Waals surface area contributed by atoms with E-state index in [1.807, 2.05) is 38.1 Å². The summed E-state index contributed by atoms with van der Waals surface area (Å²) in [5, 5.41) is 3.48. The molecule has 0 heterocycles. The van der Waals surface area contributed by atoms with E-state index >= 15 is 0 Å². The van der Waals surface area contributed by atoms with Gasteiger partial charge < -0.3 is 10.2 Å². The minimum atomic E-state index is -3.51. The van der Waals surface area contributed by atoms with Crippen molar-refractivity contribution in [3.8, 4) is 0 Å². The Hall–Kier alpha value is -2.58. The number of benzene rings is 2. The Morgan fingerprint density at radius 3 is 2.23 bits per heavy atom. The number of amides is 2. The van der Waals surface area contributed by atoms with Gasteiger partial charge in [-0.3, -0.25) is 13.9 Å². The summed E-state index contributed by atoms with van der Waals surface area (Å²) >= 11 is 5.99. The molecule has 0 aliphatic rings. The van der Waals surface area contributed by atoms with Crippen molar-refractivity contribution in [2.75, 3.05) is 23.7 Å². The summed E-state index contributed by atoms with van der Waals surface area (Å²) in [6.07, 6.45) is 3.41. The van der Waals surface area contributed by atoms with Crippen molar-refractivity contribution < 1.29 is 18.0 Å². The SMILES string of the molecule is CCCCNC(=O)C(C)N(Cc1ccc(Cl)cc1)C(=O)CCCN(c1ccc(C)cc1)S(C)(=O)=O. The highest BCUT2D eigenvalue weighted by Gasteiger charge is 2.26. The quantitative estimate of drug-likeness (QED) is 0.392. The van der Waals surface area contributed by atoms with E-state index in [1.165, 1.54) is 4.31 Å². The van der Waals surface area contributed by atoms with Crippen molar-refractivity contribution >= 4 is 39.1 Å². The van der Waals surface area contributed by atoms with Crippen LogP contribution in [0.4, 0.5) is 5.69 Å².